The summed E-state index contributed by atoms with van der Waals surface area (Å²) < 4.78 is 0. The molecule has 3 fully saturated rings. The van der Waals surface area contributed by atoms with Crippen molar-refractivity contribution >= 4 is 11.6 Å². The Hall–Kier alpha value is -1.30. The van der Waals surface area contributed by atoms with Gasteiger partial charge in [0.15, 0.2) is 11.6 Å². The van der Waals surface area contributed by atoms with Crippen molar-refractivity contribution in [2.45, 2.75) is 57.7 Å². The third-order valence-electron chi connectivity index (χ3n) is 8.25. The molecule has 0 unspecified atom stereocenters. The van der Waals surface area contributed by atoms with E-state index in [2.05, 4.69) is 6.92 Å². The Morgan fingerprint density at radius 3 is 2.73 bits per heavy atom. The zero-order valence-electron chi connectivity index (χ0n) is 15.4. The number of Topliss-reactive ketones (excluding diaryl/α,β-unsaturated/α-hetero) is 1. The van der Waals surface area contributed by atoms with Gasteiger partial charge < -0.3 is 15.3 Å². The molecular formula is C21H28O5. The van der Waals surface area contributed by atoms with Crippen LogP contribution in [0.1, 0.15) is 46.0 Å². The van der Waals surface area contributed by atoms with Gasteiger partial charge >= 0.3 is 0 Å². The number of fused-ring (bicyclic) bond motifs is 5. The Kier molecular flexibility index (Phi) is 3.89. The monoisotopic (exact) mass is 360 g/mol. The zero-order chi connectivity index (χ0) is 18.9. The third-order valence-corrected chi connectivity index (χ3v) is 8.25. The largest absolute Gasteiger partial charge is 0.393 e. The van der Waals surface area contributed by atoms with E-state index in [0.717, 1.165) is 24.8 Å². The highest BCUT2D eigenvalue weighted by atomic mass is 16.3. The smallest absolute Gasteiger partial charge is 0.190 e. The molecule has 142 valence electrons. The molecule has 0 saturated heterocycles. The van der Waals surface area contributed by atoms with Gasteiger partial charge in [0.25, 0.3) is 0 Å². The normalized spacial score (nSPS) is 49.9. The Morgan fingerprint density at radius 1 is 1.31 bits per heavy atom. The van der Waals surface area contributed by atoms with Crippen LogP contribution in [0, 0.1) is 28.6 Å². The maximum atomic E-state index is 12.4. The van der Waals surface area contributed by atoms with E-state index in [4.69, 9.17) is 0 Å². The van der Waals surface area contributed by atoms with Crippen LogP contribution in [0.15, 0.2) is 23.8 Å². The average Bonchev–Trinajstić information content (AvgIpc) is 2.86. The van der Waals surface area contributed by atoms with Crippen LogP contribution in [0.3, 0.4) is 0 Å². The first-order valence-corrected chi connectivity index (χ1v) is 9.66. The van der Waals surface area contributed by atoms with Crippen LogP contribution in [0.5, 0.6) is 0 Å². The SMILES string of the molecule is C[C@]12C=CC(=O)C=C1CC[C@@H]1[C@@H]2[C@@H](O)C[C@]2(C)[C@H]1CC[C@]2(O)C(=O)CO. The Morgan fingerprint density at radius 2 is 2.04 bits per heavy atom. The predicted molar refractivity (Wildman–Crippen MR) is 95.0 cm³/mol. The second kappa shape index (κ2) is 5.60. The molecule has 0 spiro atoms. The summed E-state index contributed by atoms with van der Waals surface area (Å²) in [5, 5.41) is 31.7. The minimum absolute atomic E-state index is 0.00912. The molecule has 4 aliphatic carbocycles. The number of hydrogen-bond acceptors (Lipinski definition) is 5. The molecular weight excluding hydrogens is 332 g/mol. The van der Waals surface area contributed by atoms with E-state index >= 15 is 0 Å². The van der Waals surface area contributed by atoms with Crippen LogP contribution in [0.25, 0.3) is 0 Å². The molecule has 0 bridgehead atoms. The molecule has 0 aliphatic heterocycles. The van der Waals surface area contributed by atoms with E-state index in [1.54, 1.807) is 12.2 Å². The van der Waals surface area contributed by atoms with Gasteiger partial charge in [-0.3, -0.25) is 9.59 Å². The van der Waals surface area contributed by atoms with Gasteiger partial charge in [0.1, 0.15) is 12.2 Å². The van der Waals surface area contributed by atoms with Crippen molar-refractivity contribution < 1.29 is 24.9 Å². The zero-order valence-corrected chi connectivity index (χ0v) is 15.4. The molecule has 0 amide bonds. The van der Waals surface area contributed by atoms with Crippen LogP contribution < -0.4 is 0 Å². The molecule has 3 saturated carbocycles. The Bertz CT molecular complexity index is 724. The van der Waals surface area contributed by atoms with Gasteiger partial charge in [-0.1, -0.05) is 25.5 Å². The molecule has 5 heteroatoms. The highest BCUT2D eigenvalue weighted by Gasteiger charge is 2.67. The number of rotatable bonds is 2. The number of allylic oxidation sites excluding steroid dienone is 4. The van der Waals surface area contributed by atoms with Crippen molar-refractivity contribution in [3.8, 4) is 0 Å². The van der Waals surface area contributed by atoms with Crippen molar-refractivity contribution in [3.63, 3.8) is 0 Å². The molecule has 0 radical (unpaired) electrons. The summed E-state index contributed by atoms with van der Waals surface area (Å²) in [5.41, 5.74) is -1.54. The van der Waals surface area contributed by atoms with Gasteiger partial charge in [-0.15, -0.1) is 0 Å². The van der Waals surface area contributed by atoms with Crippen molar-refractivity contribution in [3.05, 3.63) is 23.8 Å². The summed E-state index contributed by atoms with van der Waals surface area (Å²) in [6, 6.07) is 0. The van der Waals surface area contributed by atoms with E-state index in [1.807, 2.05) is 13.0 Å². The van der Waals surface area contributed by atoms with Crippen LogP contribution in [0.2, 0.25) is 0 Å². The fourth-order valence-electron chi connectivity index (χ4n) is 6.92. The molecule has 0 aromatic carbocycles. The Labute approximate surface area is 153 Å². The summed E-state index contributed by atoms with van der Waals surface area (Å²) >= 11 is 0. The highest BCUT2D eigenvalue weighted by Crippen LogP contribution is 2.67. The lowest BCUT2D eigenvalue weighted by Gasteiger charge is -2.59. The van der Waals surface area contributed by atoms with E-state index in [0.29, 0.717) is 12.8 Å². The van der Waals surface area contributed by atoms with Gasteiger partial charge in [-0.05, 0) is 56.1 Å². The molecule has 0 aromatic rings. The third kappa shape index (κ3) is 2.08. The van der Waals surface area contributed by atoms with Gasteiger partial charge in [-0.25, -0.2) is 0 Å². The summed E-state index contributed by atoms with van der Waals surface area (Å²) in [5.74, 6) is -0.227. The molecule has 0 aromatic heterocycles. The molecule has 3 N–H and O–H groups in total. The van der Waals surface area contributed by atoms with Gasteiger partial charge in [0, 0.05) is 16.7 Å². The van der Waals surface area contributed by atoms with Crippen molar-refractivity contribution in [2.75, 3.05) is 6.61 Å². The van der Waals surface area contributed by atoms with Crippen molar-refractivity contribution in [1.29, 1.82) is 0 Å². The second-order valence-electron chi connectivity index (χ2n) is 9.19. The summed E-state index contributed by atoms with van der Waals surface area (Å²) in [4.78, 5) is 24.2. The van der Waals surface area contributed by atoms with Crippen LogP contribution in [0.4, 0.5) is 0 Å². The number of aliphatic hydroxyl groups excluding tert-OH is 2. The molecule has 0 heterocycles. The molecule has 7 atom stereocenters. The van der Waals surface area contributed by atoms with Crippen LogP contribution in [-0.2, 0) is 9.59 Å². The number of hydrogen-bond donors (Lipinski definition) is 3. The van der Waals surface area contributed by atoms with Crippen LogP contribution in [-0.4, -0.2) is 45.2 Å². The molecule has 26 heavy (non-hydrogen) atoms. The number of aliphatic hydroxyl groups is 3. The first-order valence-electron chi connectivity index (χ1n) is 9.66. The first-order chi connectivity index (χ1) is 12.2. The molecule has 4 aliphatic rings. The topological polar surface area (TPSA) is 94.8 Å². The van der Waals surface area contributed by atoms with E-state index < -0.39 is 29.5 Å². The minimum atomic E-state index is -1.56. The molecule has 5 nitrogen and oxygen atoms in total. The van der Waals surface area contributed by atoms with E-state index in [1.165, 1.54) is 0 Å². The lowest BCUT2D eigenvalue weighted by atomic mass is 9.46. The highest BCUT2D eigenvalue weighted by molar-refractivity contribution is 6.01. The summed E-state index contributed by atoms with van der Waals surface area (Å²) in [6.07, 6.45) is 7.68. The van der Waals surface area contributed by atoms with Crippen LogP contribution >= 0.6 is 0 Å². The van der Waals surface area contributed by atoms with E-state index in [9.17, 15) is 24.9 Å². The summed E-state index contributed by atoms with van der Waals surface area (Å²) in [6.45, 7) is 3.34. The van der Waals surface area contributed by atoms with Crippen molar-refractivity contribution in [2.24, 2.45) is 28.6 Å². The lowest BCUT2D eigenvalue weighted by Crippen LogP contribution is -2.61. The quantitative estimate of drug-likeness (QED) is 0.695. The maximum Gasteiger partial charge on any atom is 0.190 e. The predicted octanol–water partition coefficient (Wildman–Crippen LogP) is 1.56. The lowest BCUT2D eigenvalue weighted by molar-refractivity contribution is -0.178. The second-order valence-corrected chi connectivity index (χ2v) is 9.19. The first kappa shape index (κ1) is 18.1. The van der Waals surface area contributed by atoms with Gasteiger partial charge in [0.05, 0.1) is 6.10 Å². The summed E-state index contributed by atoms with van der Waals surface area (Å²) in [7, 11) is 0. The van der Waals surface area contributed by atoms with Gasteiger partial charge in [0.2, 0.25) is 0 Å². The minimum Gasteiger partial charge on any atom is -0.393 e. The maximum absolute atomic E-state index is 12.4. The molecule has 4 rings (SSSR count). The van der Waals surface area contributed by atoms with Gasteiger partial charge in [-0.2, -0.15) is 0 Å². The van der Waals surface area contributed by atoms with Crippen molar-refractivity contribution in [1.82, 2.24) is 0 Å². The number of carbonyl (C=O) groups is 2. The standard InChI is InChI=1S/C21H28O5/c1-19-7-5-13(23)9-12(19)3-4-14-15-6-8-21(26,17(25)11-22)20(15,2)10-16(24)18(14)19/h5,7,9,14-16,18,22,24,26H,3-4,6,8,10-11H2,1-2H3/t14-,15-,16-,18+,19-,20+,21-/m0/s1. The Balaban J connectivity index is 1.75. The fraction of sp³-hybridized carbons (Fsp3) is 0.714. The number of ketones is 2. The van der Waals surface area contributed by atoms with E-state index in [-0.39, 0.29) is 29.0 Å². The average molecular weight is 360 g/mol. The fourth-order valence-corrected chi connectivity index (χ4v) is 6.92. The number of carbonyl (C=O) groups excluding carboxylic acids is 2.